The molecule has 3 aliphatic rings. The minimum Gasteiger partial charge on any atom is -0.333 e. The van der Waals surface area contributed by atoms with Gasteiger partial charge in [0.05, 0.1) is 34.6 Å². The maximum Gasteiger partial charge on any atom is 0.268 e. The van der Waals surface area contributed by atoms with Crippen LogP contribution in [0.5, 0.6) is 0 Å². The molecule has 2 atom stereocenters. The molecule has 5 aromatic carbocycles. The number of carbonyl (C=O) groups excluding carboxylic acids is 2. The van der Waals surface area contributed by atoms with Crippen molar-refractivity contribution in [3.05, 3.63) is 162 Å². The van der Waals surface area contributed by atoms with E-state index in [1.807, 2.05) is 121 Å². The smallest absolute Gasteiger partial charge is 0.268 e. The number of fused-ring (bicyclic) bond motifs is 4. The molecule has 2 heterocycles. The van der Waals surface area contributed by atoms with Crippen LogP contribution in [0.4, 0.5) is 17.1 Å². The van der Waals surface area contributed by atoms with Gasteiger partial charge in [0.25, 0.3) is 11.8 Å². The summed E-state index contributed by atoms with van der Waals surface area (Å²) in [5, 5.41) is 9.72. The van der Waals surface area contributed by atoms with Gasteiger partial charge < -0.3 is 4.90 Å². The zero-order valence-corrected chi connectivity index (χ0v) is 23.6. The molecule has 5 heteroatoms. The Balaban J connectivity index is 1.33. The largest absolute Gasteiger partial charge is 0.333 e. The van der Waals surface area contributed by atoms with E-state index in [9.17, 15) is 14.9 Å². The fraction of sp³-hybridized carbons (Fsp3) is 0.0513. The minimum atomic E-state index is -0.363. The molecule has 44 heavy (non-hydrogen) atoms. The SMILES string of the molecule is N#CC1=CC2C(C=C1)c1ccccc1N2c1cccc2c1C(=O)N(c1c(-c3ccccc3)cccc1-c1ccccc1)C2=O. The van der Waals surface area contributed by atoms with Crippen molar-refractivity contribution in [2.45, 2.75) is 12.0 Å². The third-order valence-corrected chi connectivity index (χ3v) is 8.77. The topological polar surface area (TPSA) is 64.4 Å². The predicted molar refractivity (Wildman–Crippen MR) is 173 cm³/mol. The summed E-state index contributed by atoms with van der Waals surface area (Å²) in [4.78, 5) is 32.6. The Kier molecular flexibility index (Phi) is 5.89. The van der Waals surface area contributed by atoms with Crippen LogP contribution in [0.25, 0.3) is 22.3 Å². The van der Waals surface area contributed by atoms with E-state index < -0.39 is 0 Å². The van der Waals surface area contributed by atoms with Crippen molar-refractivity contribution >= 4 is 28.9 Å². The second-order valence-corrected chi connectivity index (χ2v) is 11.1. The third-order valence-electron chi connectivity index (χ3n) is 8.77. The average molecular weight is 568 g/mol. The zero-order valence-electron chi connectivity index (χ0n) is 23.6. The Labute approximate surface area is 255 Å². The van der Waals surface area contributed by atoms with E-state index in [-0.39, 0.29) is 23.8 Å². The van der Waals surface area contributed by atoms with E-state index in [0.29, 0.717) is 28.1 Å². The Morgan fingerprint density at radius 2 is 1.20 bits per heavy atom. The first-order valence-electron chi connectivity index (χ1n) is 14.6. The van der Waals surface area contributed by atoms with Crippen LogP contribution in [0, 0.1) is 11.3 Å². The van der Waals surface area contributed by atoms with Crippen LogP contribution in [0.2, 0.25) is 0 Å². The first kappa shape index (κ1) is 25.7. The molecule has 8 rings (SSSR count). The summed E-state index contributed by atoms with van der Waals surface area (Å²) in [6.45, 7) is 0. The molecule has 5 aromatic rings. The normalized spacial score (nSPS) is 18.0. The maximum absolute atomic E-state index is 14.7. The van der Waals surface area contributed by atoms with E-state index in [1.54, 1.807) is 6.07 Å². The molecule has 2 aliphatic heterocycles. The summed E-state index contributed by atoms with van der Waals surface area (Å²) in [5.74, 6) is -0.697. The summed E-state index contributed by atoms with van der Waals surface area (Å²) in [5.41, 5.74) is 8.04. The number of para-hydroxylation sites is 2. The van der Waals surface area contributed by atoms with Gasteiger partial charge in [0.2, 0.25) is 0 Å². The Bertz CT molecular complexity index is 2030. The number of allylic oxidation sites excluding steroid dienone is 2. The lowest BCUT2D eigenvalue weighted by Gasteiger charge is -2.30. The summed E-state index contributed by atoms with van der Waals surface area (Å²) < 4.78 is 0. The quantitative estimate of drug-likeness (QED) is 0.204. The van der Waals surface area contributed by atoms with Crippen LogP contribution < -0.4 is 9.80 Å². The molecule has 0 bridgehead atoms. The van der Waals surface area contributed by atoms with E-state index >= 15 is 0 Å². The highest BCUT2D eigenvalue weighted by Gasteiger charge is 2.45. The van der Waals surface area contributed by atoms with Gasteiger partial charge in [0.15, 0.2) is 0 Å². The number of anilines is 3. The monoisotopic (exact) mass is 567 g/mol. The molecular formula is C39H25N3O2. The number of amides is 2. The molecule has 2 unspecified atom stereocenters. The highest BCUT2D eigenvalue weighted by atomic mass is 16.2. The first-order valence-corrected chi connectivity index (χ1v) is 14.6. The lowest BCUT2D eigenvalue weighted by Crippen LogP contribution is -2.32. The van der Waals surface area contributed by atoms with Gasteiger partial charge >= 0.3 is 0 Å². The number of carbonyl (C=O) groups is 2. The van der Waals surface area contributed by atoms with Crippen molar-refractivity contribution in [1.29, 1.82) is 5.26 Å². The Hall–Kier alpha value is -5.99. The molecule has 0 aromatic heterocycles. The molecule has 0 N–H and O–H groups in total. The van der Waals surface area contributed by atoms with Crippen LogP contribution in [-0.4, -0.2) is 17.9 Å². The summed E-state index contributed by atoms with van der Waals surface area (Å²) in [7, 11) is 0. The number of hydrogen-bond donors (Lipinski definition) is 0. The van der Waals surface area contributed by atoms with Gasteiger partial charge in [-0.15, -0.1) is 0 Å². The molecule has 1 aliphatic carbocycles. The lowest BCUT2D eigenvalue weighted by atomic mass is 9.89. The second kappa shape index (κ2) is 10.1. The third kappa shape index (κ3) is 3.78. The molecule has 0 radical (unpaired) electrons. The van der Waals surface area contributed by atoms with Crippen molar-refractivity contribution in [1.82, 2.24) is 0 Å². The number of nitriles is 1. The Morgan fingerprint density at radius 1 is 0.614 bits per heavy atom. The highest BCUT2D eigenvalue weighted by Crippen LogP contribution is 2.51. The van der Waals surface area contributed by atoms with E-state index in [4.69, 9.17) is 0 Å². The van der Waals surface area contributed by atoms with E-state index in [2.05, 4.69) is 23.1 Å². The molecule has 5 nitrogen and oxygen atoms in total. The van der Waals surface area contributed by atoms with Crippen LogP contribution >= 0.6 is 0 Å². The lowest BCUT2D eigenvalue weighted by molar-refractivity contribution is 0.0926. The number of benzene rings is 5. The van der Waals surface area contributed by atoms with Gasteiger partial charge in [-0.25, -0.2) is 4.90 Å². The van der Waals surface area contributed by atoms with Gasteiger partial charge in [-0.05, 0) is 47.0 Å². The number of rotatable bonds is 4. The minimum absolute atomic E-state index is 0.0194. The van der Waals surface area contributed by atoms with Crippen molar-refractivity contribution in [2.24, 2.45) is 0 Å². The van der Waals surface area contributed by atoms with Crippen molar-refractivity contribution in [2.75, 3.05) is 9.80 Å². The molecular weight excluding hydrogens is 542 g/mol. The summed E-state index contributed by atoms with van der Waals surface area (Å²) >= 11 is 0. The van der Waals surface area contributed by atoms with Gasteiger partial charge in [-0.1, -0.05) is 109 Å². The molecule has 2 amide bonds. The standard InChI is InChI=1S/C39H25N3O2/c40-24-25-21-22-31-30-15-7-8-19-33(30)41(35(31)23-25)34-20-10-18-32-36(34)39(44)42(38(32)43)37-28(26-11-3-1-4-12-26)16-9-17-29(37)27-13-5-2-6-14-27/h1-23,31,35H. The second-order valence-electron chi connectivity index (χ2n) is 11.1. The zero-order chi connectivity index (χ0) is 29.8. The number of imide groups is 1. The first-order chi connectivity index (χ1) is 21.7. The molecule has 0 saturated carbocycles. The van der Waals surface area contributed by atoms with E-state index in [1.165, 1.54) is 4.90 Å². The number of hydrogen-bond acceptors (Lipinski definition) is 4. The highest BCUT2D eigenvalue weighted by molar-refractivity contribution is 6.38. The van der Waals surface area contributed by atoms with Gasteiger partial charge in [0.1, 0.15) is 0 Å². The Morgan fingerprint density at radius 3 is 1.89 bits per heavy atom. The average Bonchev–Trinajstić information content (AvgIpc) is 3.55. The van der Waals surface area contributed by atoms with Crippen molar-refractivity contribution in [3.63, 3.8) is 0 Å². The van der Waals surface area contributed by atoms with Crippen LogP contribution in [0.15, 0.2) is 145 Å². The molecule has 208 valence electrons. The number of nitrogens with zero attached hydrogens (tertiary/aromatic N) is 3. The van der Waals surface area contributed by atoms with Crippen molar-refractivity contribution < 1.29 is 9.59 Å². The predicted octanol–water partition coefficient (Wildman–Crippen LogP) is 8.44. The van der Waals surface area contributed by atoms with Crippen LogP contribution in [-0.2, 0) is 0 Å². The van der Waals surface area contributed by atoms with Crippen LogP contribution in [0.1, 0.15) is 32.2 Å². The van der Waals surface area contributed by atoms with E-state index in [0.717, 1.165) is 33.5 Å². The molecule has 0 fully saturated rings. The van der Waals surface area contributed by atoms with Gasteiger partial charge in [-0.2, -0.15) is 5.26 Å². The summed E-state index contributed by atoms with van der Waals surface area (Å²) in [6, 6.07) is 41.3. The fourth-order valence-electron chi connectivity index (χ4n) is 6.86. The summed E-state index contributed by atoms with van der Waals surface area (Å²) in [6.07, 6.45) is 5.88. The molecule has 0 saturated heterocycles. The maximum atomic E-state index is 14.7. The van der Waals surface area contributed by atoms with Gasteiger partial charge in [0, 0.05) is 28.3 Å². The van der Waals surface area contributed by atoms with Gasteiger partial charge in [-0.3, -0.25) is 9.59 Å². The fourth-order valence-corrected chi connectivity index (χ4v) is 6.86. The molecule has 0 spiro atoms. The van der Waals surface area contributed by atoms with Crippen molar-refractivity contribution in [3.8, 4) is 28.3 Å². The van der Waals surface area contributed by atoms with Crippen LogP contribution in [0.3, 0.4) is 0 Å².